The van der Waals surface area contributed by atoms with E-state index in [1.54, 1.807) is 20.8 Å². The minimum Gasteiger partial charge on any atom is -0.510 e. The predicted octanol–water partition coefficient (Wildman–Crippen LogP) is 0.431. The van der Waals surface area contributed by atoms with Crippen LogP contribution in [0.15, 0.2) is 11.3 Å². The molecule has 0 aliphatic heterocycles. The zero-order chi connectivity index (χ0) is 9.94. The van der Waals surface area contributed by atoms with Crippen LogP contribution in [0.5, 0.6) is 0 Å². The molecule has 5 N–H and O–H groups in total. The van der Waals surface area contributed by atoms with Gasteiger partial charge in [-0.3, -0.25) is 4.79 Å². The molecule has 0 aromatic carbocycles. The summed E-state index contributed by atoms with van der Waals surface area (Å²) in [5.74, 6) is -0.744. The van der Waals surface area contributed by atoms with E-state index in [4.69, 9.17) is 11.5 Å². The van der Waals surface area contributed by atoms with Crippen molar-refractivity contribution < 1.29 is 9.90 Å². The molecular weight excluding hydrogens is 156 g/mol. The smallest absolute Gasteiger partial charge is 0.248 e. The summed E-state index contributed by atoms with van der Waals surface area (Å²) in [6.07, 6.45) is 0.391. The van der Waals surface area contributed by atoms with E-state index < -0.39 is 11.4 Å². The van der Waals surface area contributed by atoms with Gasteiger partial charge in [-0.25, -0.2) is 0 Å². The van der Waals surface area contributed by atoms with Crippen molar-refractivity contribution in [1.29, 1.82) is 0 Å². The standard InChI is InChI=1S/C8H16N2O2/c1-4-5(7(9)12)6(11)8(2,3)10/h11H,4,10H2,1-3H3,(H2,9,12)/b6-5-. The molecule has 0 fully saturated rings. The van der Waals surface area contributed by atoms with Gasteiger partial charge in [-0.2, -0.15) is 0 Å². The van der Waals surface area contributed by atoms with Gasteiger partial charge in [0.1, 0.15) is 5.76 Å². The lowest BCUT2D eigenvalue weighted by Gasteiger charge is -2.19. The van der Waals surface area contributed by atoms with Gasteiger partial charge in [-0.05, 0) is 20.3 Å². The lowest BCUT2D eigenvalue weighted by molar-refractivity contribution is -0.114. The molecule has 0 spiro atoms. The minimum absolute atomic E-state index is 0.127. The minimum atomic E-state index is -0.902. The van der Waals surface area contributed by atoms with E-state index in [-0.39, 0.29) is 11.3 Å². The third kappa shape index (κ3) is 2.54. The Balaban J connectivity index is 4.99. The van der Waals surface area contributed by atoms with Crippen molar-refractivity contribution >= 4 is 5.91 Å². The summed E-state index contributed by atoms with van der Waals surface area (Å²) in [5.41, 5.74) is 9.90. The van der Waals surface area contributed by atoms with E-state index in [2.05, 4.69) is 0 Å². The van der Waals surface area contributed by atoms with Gasteiger partial charge in [0.25, 0.3) is 0 Å². The first kappa shape index (κ1) is 11.0. The van der Waals surface area contributed by atoms with Gasteiger partial charge in [0, 0.05) is 0 Å². The maximum absolute atomic E-state index is 10.8. The third-order valence-electron chi connectivity index (χ3n) is 1.55. The van der Waals surface area contributed by atoms with Gasteiger partial charge in [0.15, 0.2) is 0 Å². The quantitative estimate of drug-likeness (QED) is 0.426. The van der Waals surface area contributed by atoms with E-state index in [0.717, 1.165) is 0 Å². The van der Waals surface area contributed by atoms with Crippen molar-refractivity contribution in [3.05, 3.63) is 11.3 Å². The Morgan fingerprint density at radius 3 is 2.00 bits per heavy atom. The number of primary amides is 1. The average Bonchev–Trinajstić information content (AvgIpc) is 1.86. The van der Waals surface area contributed by atoms with E-state index in [1.165, 1.54) is 0 Å². The molecule has 1 amide bonds. The molecule has 4 heteroatoms. The number of carbonyl (C=O) groups excluding carboxylic acids is 1. The highest BCUT2D eigenvalue weighted by Gasteiger charge is 2.22. The van der Waals surface area contributed by atoms with Crippen molar-refractivity contribution in [1.82, 2.24) is 0 Å². The highest BCUT2D eigenvalue weighted by Crippen LogP contribution is 2.16. The van der Waals surface area contributed by atoms with E-state index in [1.807, 2.05) is 0 Å². The summed E-state index contributed by atoms with van der Waals surface area (Å²) < 4.78 is 0. The molecule has 0 heterocycles. The molecular formula is C8H16N2O2. The molecule has 4 nitrogen and oxygen atoms in total. The Morgan fingerprint density at radius 2 is 1.92 bits per heavy atom. The maximum Gasteiger partial charge on any atom is 0.248 e. The number of aliphatic hydroxyl groups excluding tert-OH is 1. The Bertz CT molecular complexity index is 214. The Morgan fingerprint density at radius 1 is 1.50 bits per heavy atom. The first-order chi connectivity index (χ1) is 5.30. The second-order valence-corrected chi connectivity index (χ2v) is 3.27. The van der Waals surface area contributed by atoms with E-state index in [9.17, 15) is 9.90 Å². The van der Waals surface area contributed by atoms with Crippen LogP contribution in [0.1, 0.15) is 27.2 Å². The Hall–Kier alpha value is -1.03. The number of carbonyl (C=O) groups is 1. The molecule has 12 heavy (non-hydrogen) atoms. The molecule has 0 rings (SSSR count). The van der Waals surface area contributed by atoms with Gasteiger partial charge in [0.05, 0.1) is 11.1 Å². The molecule has 0 bridgehead atoms. The summed E-state index contributed by atoms with van der Waals surface area (Å²) >= 11 is 0. The normalized spacial score (nSPS) is 14.0. The molecule has 0 unspecified atom stereocenters. The molecule has 0 saturated heterocycles. The lowest BCUT2D eigenvalue weighted by atomic mass is 9.98. The van der Waals surface area contributed by atoms with Crippen molar-refractivity contribution in [3.63, 3.8) is 0 Å². The van der Waals surface area contributed by atoms with Crippen molar-refractivity contribution in [2.45, 2.75) is 32.7 Å². The first-order valence-corrected chi connectivity index (χ1v) is 3.82. The average molecular weight is 172 g/mol. The summed E-state index contributed by atoms with van der Waals surface area (Å²) in [4.78, 5) is 10.8. The second kappa shape index (κ2) is 3.58. The molecule has 0 aliphatic rings. The van der Waals surface area contributed by atoms with Crippen LogP contribution in [0.4, 0.5) is 0 Å². The summed E-state index contributed by atoms with van der Waals surface area (Å²) in [6, 6.07) is 0. The maximum atomic E-state index is 10.8. The molecule has 0 aliphatic carbocycles. The molecule has 70 valence electrons. The van der Waals surface area contributed by atoms with Gasteiger partial charge >= 0.3 is 0 Å². The van der Waals surface area contributed by atoms with Crippen LogP contribution >= 0.6 is 0 Å². The summed E-state index contributed by atoms with van der Waals surface area (Å²) in [7, 11) is 0. The number of hydrogen-bond acceptors (Lipinski definition) is 3. The van der Waals surface area contributed by atoms with E-state index >= 15 is 0 Å². The molecule has 0 aromatic heterocycles. The van der Waals surface area contributed by atoms with Gasteiger partial charge < -0.3 is 16.6 Å². The fraction of sp³-hybridized carbons (Fsp3) is 0.625. The summed E-state index contributed by atoms with van der Waals surface area (Å²) in [5, 5.41) is 9.47. The van der Waals surface area contributed by atoms with Gasteiger partial charge in [0.2, 0.25) is 5.91 Å². The SMILES string of the molecule is CC/C(C(N)=O)=C(/O)C(C)(C)N. The fourth-order valence-electron chi connectivity index (χ4n) is 0.847. The zero-order valence-electron chi connectivity index (χ0n) is 7.72. The van der Waals surface area contributed by atoms with Gasteiger partial charge in [-0.1, -0.05) is 6.92 Å². The topological polar surface area (TPSA) is 89.3 Å². The van der Waals surface area contributed by atoms with Crippen LogP contribution in [-0.2, 0) is 4.79 Å². The number of nitrogens with two attached hydrogens (primary N) is 2. The second-order valence-electron chi connectivity index (χ2n) is 3.27. The van der Waals surface area contributed by atoms with Crippen LogP contribution in [-0.4, -0.2) is 16.6 Å². The molecule has 0 aromatic rings. The number of aliphatic hydroxyl groups is 1. The largest absolute Gasteiger partial charge is 0.510 e. The highest BCUT2D eigenvalue weighted by atomic mass is 16.3. The number of hydrogen-bond donors (Lipinski definition) is 3. The fourth-order valence-corrected chi connectivity index (χ4v) is 0.847. The van der Waals surface area contributed by atoms with Crippen LogP contribution in [0.25, 0.3) is 0 Å². The van der Waals surface area contributed by atoms with Gasteiger partial charge in [-0.15, -0.1) is 0 Å². The van der Waals surface area contributed by atoms with Crippen LogP contribution < -0.4 is 11.5 Å². The predicted molar refractivity (Wildman–Crippen MR) is 47.4 cm³/mol. The monoisotopic (exact) mass is 172 g/mol. The summed E-state index contributed by atoms with van der Waals surface area (Å²) in [6.45, 7) is 4.96. The number of amides is 1. The molecule has 0 atom stereocenters. The van der Waals surface area contributed by atoms with Crippen LogP contribution in [0.3, 0.4) is 0 Å². The Labute approximate surface area is 72.2 Å². The highest BCUT2D eigenvalue weighted by molar-refractivity contribution is 5.92. The van der Waals surface area contributed by atoms with Crippen molar-refractivity contribution in [2.24, 2.45) is 11.5 Å². The van der Waals surface area contributed by atoms with Crippen LogP contribution in [0, 0.1) is 0 Å². The van der Waals surface area contributed by atoms with Crippen LogP contribution in [0.2, 0.25) is 0 Å². The lowest BCUT2D eigenvalue weighted by Crippen LogP contribution is -2.37. The first-order valence-electron chi connectivity index (χ1n) is 3.82. The van der Waals surface area contributed by atoms with Crippen molar-refractivity contribution in [2.75, 3.05) is 0 Å². The zero-order valence-corrected chi connectivity index (χ0v) is 7.72. The Kier molecular flexibility index (Phi) is 3.27. The van der Waals surface area contributed by atoms with E-state index in [0.29, 0.717) is 6.42 Å². The van der Waals surface area contributed by atoms with Crippen molar-refractivity contribution in [3.8, 4) is 0 Å². The molecule has 0 saturated carbocycles. The number of rotatable bonds is 3. The molecule has 0 radical (unpaired) electrons. The third-order valence-corrected chi connectivity index (χ3v) is 1.55.